The number of aliphatic carboxylic acids is 1. The summed E-state index contributed by atoms with van der Waals surface area (Å²) in [7, 11) is 0. The van der Waals surface area contributed by atoms with Gasteiger partial charge in [0.25, 0.3) is 0 Å². The third kappa shape index (κ3) is 7.23. The Hall–Kier alpha value is -1.10. The first kappa shape index (κ1) is 14.9. The molecule has 0 aliphatic rings. The highest BCUT2D eigenvalue weighted by Crippen LogP contribution is 2.02. The van der Waals surface area contributed by atoms with Crippen molar-refractivity contribution in [3.05, 3.63) is 0 Å². The van der Waals surface area contributed by atoms with Crippen molar-refractivity contribution in [1.29, 1.82) is 0 Å². The lowest BCUT2D eigenvalue weighted by atomic mass is 10.1. The van der Waals surface area contributed by atoms with E-state index in [0.717, 1.165) is 25.7 Å². The van der Waals surface area contributed by atoms with Crippen LogP contribution in [-0.4, -0.2) is 29.6 Å². The Kier molecular flexibility index (Phi) is 8.52. The third-order valence-corrected chi connectivity index (χ3v) is 2.40. The molecule has 0 radical (unpaired) electrons. The van der Waals surface area contributed by atoms with Gasteiger partial charge in [-0.05, 0) is 25.8 Å². The zero-order valence-corrected chi connectivity index (χ0v) is 9.87. The molecule has 0 fully saturated rings. The highest BCUT2D eigenvalue weighted by molar-refractivity contribution is 5.83. The lowest BCUT2D eigenvalue weighted by Crippen LogP contribution is -2.40. The number of carboxylic acids is 1. The fourth-order valence-electron chi connectivity index (χ4n) is 1.39. The summed E-state index contributed by atoms with van der Waals surface area (Å²) in [4.78, 5) is 22.0. The molecule has 1 amide bonds. The van der Waals surface area contributed by atoms with Gasteiger partial charge in [-0.3, -0.25) is 4.79 Å². The van der Waals surface area contributed by atoms with Gasteiger partial charge >= 0.3 is 5.97 Å². The number of amides is 1. The number of nitrogens with one attached hydrogen (secondary N) is 1. The van der Waals surface area contributed by atoms with Crippen LogP contribution in [0.3, 0.4) is 0 Å². The van der Waals surface area contributed by atoms with Crippen LogP contribution in [0.1, 0.15) is 45.4 Å². The molecule has 0 saturated carbocycles. The van der Waals surface area contributed by atoms with Crippen molar-refractivity contribution >= 4 is 11.9 Å². The Bertz CT molecular complexity index is 219. The Morgan fingerprint density at radius 2 is 1.88 bits per heavy atom. The van der Waals surface area contributed by atoms with Gasteiger partial charge in [-0.25, -0.2) is 4.79 Å². The fourth-order valence-corrected chi connectivity index (χ4v) is 1.39. The van der Waals surface area contributed by atoms with Crippen LogP contribution in [0.2, 0.25) is 0 Å². The number of nitrogens with two attached hydrogens (primary N) is 1. The van der Waals surface area contributed by atoms with Crippen LogP contribution in [0.4, 0.5) is 0 Å². The van der Waals surface area contributed by atoms with E-state index in [4.69, 9.17) is 10.8 Å². The zero-order chi connectivity index (χ0) is 12.4. The SMILES string of the molecule is CCC(NC(=O)CCCCCCN)C(=O)O. The Morgan fingerprint density at radius 1 is 1.25 bits per heavy atom. The maximum atomic E-state index is 11.4. The van der Waals surface area contributed by atoms with E-state index in [1.54, 1.807) is 6.92 Å². The Morgan fingerprint density at radius 3 is 2.38 bits per heavy atom. The fraction of sp³-hybridized carbons (Fsp3) is 0.818. The van der Waals surface area contributed by atoms with Crippen molar-refractivity contribution in [1.82, 2.24) is 5.32 Å². The molecule has 1 atom stereocenters. The quantitative estimate of drug-likeness (QED) is 0.512. The summed E-state index contributed by atoms with van der Waals surface area (Å²) >= 11 is 0. The smallest absolute Gasteiger partial charge is 0.326 e. The monoisotopic (exact) mass is 230 g/mol. The van der Waals surface area contributed by atoms with Crippen molar-refractivity contribution in [2.24, 2.45) is 5.73 Å². The second kappa shape index (κ2) is 9.15. The molecule has 94 valence electrons. The van der Waals surface area contributed by atoms with E-state index in [1.807, 2.05) is 0 Å². The third-order valence-electron chi connectivity index (χ3n) is 2.40. The number of rotatable bonds is 9. The molecule has 1 unspecified atom stereocenters. The van der Waals surface area contributed by atoms with Crippen LogP contribution in [-0.2, 0) is 9.59 Å². The number of carboxylic acid groups (broad SMARTS) is 1. The molecular formula is C11H22N2O3. The van der Waals surface area contributed by atoms with Crippen LogP contribution >= 0.6 is 0 Å². The van der Waals surface area contributed by atoms with Gasteiger partial charge in [0.05, 0.1) is 0 Å². The van der Waals surface area contributed by atoms with Gasteiger partial charge in [0.1, 0.15) is 6.04 Å². The number of unbranched alkanes of at least 4 members (excludes halogenated alkanes) is 3. The molecule has 0 aromatic carbocycles. The number of carbonyl (C=O) groups is 2. The molecule has 0 saturated heterocycles. The maximum absolute atomic E-state index is 11.4. The summed E-state index contributed by atoms with van der Waals surface area (Å²) in [6.07, 6.45) is 4.58. The second-order valence-corrected chi connectivity index (χ2v) is 3.82. The predicted molar refractivity (Wildman–Crippen MR) is 62.0 cm³/mol. The minimum absolute atomic E-state index is 0.179. The first-order valence-corrected chi connectivity index (χ1v) is 5.84. The Balaban J connectivity index is 3.61. The molecule has 4 N–H and O–H groups in total. The molecule has 0 spiro atoms. The van der Waals surface area contributed by atoms with Gasteiger partial charge in [-0.2, -0.15) is 0 Å². The van der Waals surface area contributed by atoms with E-state index in [0.29, 0.717) is 19.4 Å². The van der Waals surface area contributed by atoms with E-state index in [1.165, 1.54) is 0 Å². The molecule has 0 rings (SSSR count). The highest BCUT2D eigenvalue weighted by Gasteiger charge is 2.16. The lowest BCUT2D eigenvalue weighted by molar-refractivity contribution is -0.141. The molecule has 0 aliphatic heterocycles. The van der Waals surface area contributed by atoms with Gasteiger partial charge in [0.2, 0.25) is 5.91 Å². The van der Waals surface area contributed by atoms with E-state index < -0.39 is 12.0 Å². The summed E-state index contributed by atoms with van der Waals surface area (Å²) in [6.45, 7) is 2.42. The van der Waals surface area contributed by atoms with Crippen LogP contribution < -0.4 is 11.1 Å². The number of carbonyl (C=O) groups excluding carboxylic acids is 1. The first-order chi connectivity index (χ1) is 7.61. The van der Waals surface area contributed by atoms with Crippen LogP contribution in [0.15, 0.2) is 0 Å². The highest BCUT2D eigenvalue weighted by atomic mass is 16.4. The van der Waals surface area contributed by atoms with E-state index >= 15 is 0 Å². The van der Waals surface area contributed by atoms with Crippen molar-refractivity contribution in [3.63, 3.8) is 0 Å². The molecule has 0 bridgehead atoms. The molecule has 0 heterocycles. The largest absolute Gasteiger partial charge is 0.480 e. The number of hydrogen-bond donors (Lipinski definition) is 3. The zero-order valence-electron chi connectivity index (χ0n) is 9.87. The van der Waals surface area contributed by atoms with E-state index in [-0.39, 0.29) is 5.91 Å². The molecule has 5 nitrogen and oxygen atoms in total. The van der Waals surface area contributed by atoms with E-state index in [9.17, 15) is 9.59 Å². The molecular weight excluding hydrogens is 208 g/mol. The average Bonchev–Trinajstić information content (AvgIpc) is 2.25. The normalized spacial score (nSPS) is 12.1. The van der Waals surface area contributed by atoms with Crippen LogP contribution in [0.5, 0.6) is 0 Å². The topological polar surface area (TPSA) is 92.4 Å². The van der Waals surface area contributed by atoms with Crippen molar-refractivity contribution in [2.75, 3.05) is 6.54 Å². The molecule has 0 aromatic heterocycles. The average molecular weight is 230 g/mol. The molecule has 0 aromatic rings. The summed E-state index contributed by atoms with van der Waals surface area (Å²) in [5, 5.41) is 11.2. The molecule has 0 aliphatic carbocycles. The van der Waals surface area contributed by atoms with Gasteiger partial charge in [0.15, 0.2) is 0 Å². The summed E-state index contributed by atoms with van der Waals surface area (Å²) in [6, 6.07) is -0.753. The van der Waals surface area contributed by atoms with Crippen molar-refractivity contribution < 1.29 is 14.7 Å². The standard InChI is InChI=1S/C11H22N2O3/c1-2-9(11(15)16)13-10(14)7-5-3-4-6-8-12/h9H,2-8,12H2,1H3,(H,13,14)(H,15,16). The Labute approximate surface area is 96.4 Å². The van der Waals surface area contributed by atoms with Gasteiger partial charge in [0, 0.05) is 6.42 Å². The van der Waals surface area contributed by atoms with Gasteiger partial charge in [-0.15, -0.1) is 0 Å². The second-order valence-electron chi connectivity index (χ2n) is 3.82. The summed E-state index contributed by atoms with van der Waals surface area (Å²) < 4.78 is 0. The lowest BCUT2D eigenvalue weighted by Gasteiger charge is -2.11. The van der Waals surface area contributed by atoms with Crippen LogP contribution in [0.25, 0.3) is 0 Å². The molecule has 5 heteroatoms. The van der Waals surface area contributed by atoms with Crippen molar-refractivity contribution in [2.45, 2.75) is 51.5 Å². The van der Waals surface area contributed by atoms with Gasteiger partial charge < -0.3 is 16.2 Å². The summed E-state index contributed by atoms with van der Waals surface area (Å²) in [5.41, 5.74) is 5.34. The van der Waals surface area contributed by atoms with Gasteiger partial charge in [-0.1, -0.05) is 19.8 Å². The molecule has 16 heavy (non-hydrogen) atoms. The maximum Gasteiger partial charge on any atom is 0.326 e. The summed E-state index contributed by atoms with van der Waals surface area (Å²) in [5.74, 6) is -1.15. The predicted octanol–water partition coefficient (Wildman–Crippen LogP) is 0.875. The van der Waals surface area contributed by atoms with Crippen molar-refractivity contribution in [3.8, 4) is 0 Å². The minimum atomic E-state index is -0.973. The number of hydrogen-bond acceptors (Lipinski definition) is 3. The minimum Gasteiger partial charge on any atom is -0.480 e. The van der Waals surface area contributed by atoms with E-state index in [2.05, 4.69) is 5.32 Å². The first-order valence-electron chi connectivity index (χ1n) is 5.84. The van der Waals surface area contributed by atoms with Crippen LogP contribution in [0, 0.1) is 0 Å².